The van der Waals surface area contributed by atoms with Gasteiger partial charge in [-0.25, -0.2) is 0 Å². The van der Waals surface area contributed by atoms with Gasteiger partial charge in [0.05, 0.1) is 29.3 Å². The normalized spacial score (nSPS) is 21.1. The van der Waals surface area contributed by atoms with Gasteiger partial charge in [0.2, 0.25) is 0 Å². The van der Waals surface area contributed by atoms with Crippen LogP contribution in [0.1, 0.15) is 50.0 Å². The number of hydrogen-bond acceptors (Lipinski definition) is 3. The zero-order valence-electron chi connectivity index (χ0n) is 20.8. The van der Waals surface area contributed by atoms with Gasteiger partial charge >= 0.3 is 0 Å². The van der Waals surface area contributed by atoms with Crippen molar-refractivity contribution in [3.05, 3.63) is 59.7 Å². The van der Waals surface area contributed by atoms with E-state index in [1.54, 1.807) is 0 Å². The molecule has 0 radical (unpaired) electrons. The van der Waals surface area contributed by atoms with E-state index in [4.69, 9.17) is 9.84 Å². The van der Waals surface area contributed by atoms with E-state index in [-0.39, 0.29) is 24.0 Å². The van der Waals surface area contributed by atoms with E-state index in [1.807, 2.05) is 45.0 Å². The standard InChI is InChI=1S/C20H13N3O.C7H14O2.C2H6/c24-20-17-12(9-21-20)15-10-5-1-3-7-13(10)22-18(15)19-16(17)11-6-2-4-8-14(11)23-19;1-6-7(2,5-8)3-4-9-6;1-2/h1-8,22-23H,9H2,(H,21,24);6,8H,3-5H2,1-2H3;1-2H3/t;6?,7-;/m.1./s1. The smallest absolute Gasteiger partial charge is 0.252 e. The number of benzene rings is 3. The Kier molecular flexibility index (Phi) is 6.03. The second kappa shape index (κ2) is 9.02. The van der Waals surface area contributed by atoms with E-state index >= 15 is 0 Å². The van der Waals surface area contributed by atoms with Crippen molar-refractivity contribution < 1.29 is 14.6 Å². The molecule has 7 rings (SSSR count). The van der Waals surface area contributed by atoms with Crippen LogP contribution in [0.5, 0.6) is 0 Å². The van der Waals surface area contributed by atoms with Crippen molar-refractivity contribution in [1.82, 2.24) is 15.3 Å². The summed E-state index contributed by atoms with van der Waals surface area (Å²) in [6, 6.07) is 16.4. The third-order valence-electron chi connectivity index (χ3n) is 7.55. The van der Waals surface area contributed by atoms with Gasteiger partial charge in [-0.2, -0.15) is 0 Å². The molecule has 4 heterocycles. The van der Waals surface area contributed by atoms with Crippen LogP contribution in [0.15, 0.2) is 48.5 Å². The number of aliphatic hydroxyl groups excluding tert-OH is 1. The molecule has 1 unspecified atom stereocenters. The highest BCUT2D eigenvalue weighted by atomic mass is 16.5. The number of rotatable bonds is 1. The third-order valence-corrected chi connectivity index (χ3v) is 7.55. The first kappa shape index (κ1) is 23.4. The summed E-state index contributed by atoms with van der Waals surface area (Å²) in [5, 5.41) is 16.4. The van der Waals surface area contributed by atoms with E-state index in [2.05, 4.69) is 46.5 Å². The average molecular weight is 472 g/mol. The molecule has 5 aromatic rings. The Balaban J connectivity index is 0.000000196. The summed E-state index contributed by atoms with van der Waals surface area (Å²) >= 11 is 0. The minimum Gasteiger partial charge on any atom is -0.396 e. The van der Waals surface area contributed by atoms with Gasteiger partial charge in [-0.1, -0.05) is 57.2 Å². The maximum atomic E-state index is 12.6. The monoisotopic (exact) mass is 471 g/mol. The maximum Gasteiger partial charge on any atom is 0.252 e. The first-order valence-corrected chi connectivity index (χ1v) is 12.5. The van der Waals surface area contributed by atoms with Crippen molar-refractivity contribution in [3.8, 4) is 0 Å². The van der Waals surface area contributed by atoms with Crippen molar-refractivity contribution in [1.29, 1.82) is 0 Å². The van der Waals surface area contributed by atoms with Gasteiger partial charge in [0.25, 0.3) is 5.91 Å². The maximum absolute atomic E-state index is 12.6. The van der Waals surface area contributed by atoms with Crippen LogP contribution in [0.4, 0.5) is 0 Å². The van der Waals surface area contributed by atoms with Crippen molar-refractivity contribution in [2.45, 2.75) is 46.8 Å². The summed E-state index contributed by atoms with van der Waals surface area (Å²) in [6.45, 7) is 9.71. The molecule has 0 saturated carbocycles. The number of aromatic nitrogens is 2. The van der Waals surface area contributed by atoms with E-state index in [1.165, 1.54) is 5.39 Å². The van der Waals surface area contributed by atoms with Crippen molar-refractivity contribution in [3.63, 3.8) is 0 Å². The topological polar surface area (TPSA) is 90.1 Å². The number of carbonyl (C=O) groups excluding carboxylic acids is 1. The molecular formula is C29H33N3O3. The quantitative estimate of drug-likeness (QED) is 0.241. The van der Waals surface area contributed by atoms with Gasteiger partial charge in [0, 0.05) is 51.1 Å². The Labute approximate surface area is 204 Å². The lowest BCUT2D eigenvalue weighted by molar-refractivity contribution is 0.0382. The Bertz CT molecular complexity index is 1550. The van der Waals surface area contributed by atoms with Crippen LogP contribution in [0.3, 0.4) is 0 Å². The molecule has 35 heavy (non-hydrogen) atoms. The van der Waals surface area contributed by atoms with Crippen LogP contribution < -0.4 is 5.32 Å². The van der Waals surface area contributed by atoms with E-state index in [0.29, 0.717) is 6.54 Å². The average Bonchev–Trinajstić information content (AvgIpc) is 3.64. The molecule has 0 spiro atoms. The number of para-hydroxylation sites is 2. The Morgan fingerprint density at radius 2 is 1.54 bits per heavy atom. The van der Waals surface area contributed by atoms with Crippen LogP contribution in [0.25, 0.3) is 43.6 Å². The minimum atomic E-state index is 0.0203. The first-order valence-electron chi connectivity index (χ1n) is 12.5. The zero-order valence-corrected chi connectivity index (χ0v) is 20.8. The predicted octanol–water partition coefficient (Wildman–Crippen LogP) is 6.02. The molecule has 1 saturated heterocycles. The van der Waals surface area contributed by atoms with Gasteiger partial charge in [0.15, 0.2) is 0 Å². The fourth-order valence-electron chi connectivity index (χ4n) is 5.27. The molecule has 2 aliphatic heterocycles. The number of fused-ring (bicyclic) bond motifs is 10. The first-order chi connectivity index (χ1) is 17.0. The zero-order chi connectivity index (χ0) is 24.7. The number of nitrogens with one attached hydrogen (secondary N) is 3. The predicted molar refractivity (Wildman–Crippen MR) is 143 cm³/mol. The number of aromatic amines is 2. The lowest BCUT2D eigenvalue weighted by Crippen LogP contribution is -2.28. The molecule has 2 atom stereocenters. The molecule has 1 amide bonds. The SMILES string of the molecule is CC.CC1OCC[C@]1(C)CO.O=C1NCc2c1c1c3ccccc3[nH]c1c1[nH]c3ccccc3c21. The summed E-state index contributed by atoms with van der Waals surface area (Å²) in [6.07, 6.45) is 1.22. The molecule has 0 aliphatic carbocycles. The number of ether oxygens (including phenoxy) is 1. The molecule has 3 aromatic carbocycles. The number of carbonyl (C=O) groups is 1. The lowest BCUT2D eigenvalue weighted by Gasteiger charge is -2.23. The Hall–Kier alpha value is -3.35. The summed E-state index contributed by atoms with van der Waals surface area (Å²) in [5.74, 6) is 0.0203. The molecule has 0 bridgehead atoms. The molecular weight excluding hydrogens is 438 g/mol. The number of hydrogen-bond donors (Lipinski definition) is 4. The highest BCUT2D eigenvalue weighted by Gasteiger charge is 2.36. The van der Waals surface area contributed by atoms with Crippen molar-refractivity contribution in [2.24, 2.45) is 5.41 Å². The largest absolute Gasteiger partial charge is 0.396 e. The summed E-state index contributed by atoms with van der Waals surface area (Å²) < 4.78 is 5.30. The molecule has 182 valence electrons. The minimum absolute atomic E-state index is 0.0203. The molecule has 1 fully saturated rings. The van der Waals surface area contributed by atoms with Gasteiger partial charge < -0.3 is 25.1 Å². The summed E-state index contributed by atoms with van der Waals surface area (Å²) in [5.41, 5.74) is 6.20. The molecule has 6 heteroatoms. The fraction of sp³-hybridized carbons (Fsp3) is 0.345. The van der Waals surface area contributed by atoms with Crippen LogP contribution in [-0.4, -0.2) is 40.3 Å². The van der Waals surface area contributed by atoms with Crippen LogP contribution >= 0.6 is 0 Å². The van der Waals surface area contributed by atoms with Crippen LogP contribution in [0.2, 0.25) is 0 Å². The highest BCUT2D eigenvalue weighted by molar-refractivity contribution is 6.30. The third kappa shape index (κ3) is 3.60. The molecule has 2 aliphatic rings. The Morgan fingerprint density at radius 3 is 2.09 bits per heavy atom. The van der Waals surface area contributed by atoms with Crippen LogP contribution in [-0.2, 0) is 11.3 Å². The number of aliphatic hydroxyl groups is 1. The van der Waals surface area contributed by atoms with E-state index < -0.39 is 0 Å². The van der Waals surface area contributed by atoms with E-state index in [0.717, 1.165) is 62.4 Å². The lowest BCUT2D eigenvalue weighted by atomic mass is 9.85. The second-order valence-corrected chi connectivity index (χ2v) is 9.45. The summed E-state index contributed by atoms with van der Waals surface area (Å²) in [4.78, 5) is 19.7. The van der Waals surface area contributed by atoms with E-state index in [9.17, 15) is 4.79 Å². The molecule has 4 N–H and O–H groups in total. The van der Waals surface area contributed by atoms with Crippen molar-refractivity contribution >= 4 is 49.5 Å². The van der Waals surface area contributed by atoms with Gasteiger partial charge in [-0.15, -0.1) is 0 Å². The fourth-order valence-corrected chi connectivity index (χ4v) is 5.27. The van der Waals surface area contributed by atoms with Gasteiger partial charge in [-0.3, -0.25) is 4.79 Å². The van der Waals surface area contributed by atoms with Crippen molar-refractivity contribution in [2.75, 3.05) is 13.2 Å². The molecule has 6 nitrogen and oxygen atoms in total. The summed E-state index contributed by atoms with van der Waals surface area (Å²) in [7, 11) is 0. The van der Waals surface area contributed by atoms with Gasteiger partial charge in [-0.05, 0) is 31.0 Å². The Morgan fingerprint density at radius 1 is 0.971 bits per heavy atom. The number of amides is 1. The highest BCUT2D eigenvalue weighted by Crippen LogP contribution is 2.41. The van der Waals surface area contributed by atoms with Gasteiger partial charge in [0.1, 0.15) is 0 Å². The molecule has 2 aromatic heterocycles. The number of H-pyrrole nitrogens is 2. The van der Waals surface area contributed by atoms with Crippen LogP contribution in [0, 0.1) is 5.41 Å². The second-order valence-electron chi connectivity index (χ2n) is 9.45.